The highest BCUT2D eigenvalue weighted by Gasteiger charge is 2.30. The van der Waals surface area contributed by atoms with Crippen molar-refractivity contribution in [1.29, 1.82) is 0 Å². The lowest BCUT2D eigenvalue weighted by atomic mass is 10.1. The maximum absolute atomic E-state index is 13.3. The molecule has 0 fully saturated rings. The van der Waals surface area contributed by atoms with E-state index in [4.69, 9.17) is 28.4 Å². The highest BCUT2D eigenvalue weighted by Crippen LogP contribution is 2.52. The van der Waals surface area contributed by atoms with Crippen molar-refractivity contribution in [2.45, 2.75) is 33.0 Å². The minimum Gasteiger partial charge on any atom is -0.485 e. The lowest BCUT2D eigenvalue weighted by molar-refractivity contribution is 0.0681. The Morgan fingerprint density at radius 3 is 1.08 bits per heavy atom. The fraction of sp³-hybridized carbons (Fsp3) is 0.102. The van der Waals surface area contributed by atoms with E-state index in [1.54, 1.807) is 0 Å². The first-order chi connectivity index (χ1) is 28.9. The molecule has 0 heterocycles. The van der Waals surface area contributed by atoms with Crippen LogP contribution in [0.25, 0.3) is 0 Å². The molecule has 10 nitrogen and oxygen atoms in total. The summed E-state index contributed by atoms with van der Waals surface area (Å²) in [4.78, 5) is 25.9. The first kappa shape index (κ1) is 39.5. The molecule has 7 aromatic rings. The molecular weight excluding hydrogens is 749 g/mol. The standard InChI is InChI=1S/C49H40O10/c50-48(51)39-26-41(54-29-34-16-6-1-7-17-34)45(56-31-36-20-10-3-11-21-36)43(27-39)59-44-40(49(52)53)28-42(55-30-35-18-8-2-9-19-35)46(57-32-37-22-12-4-13-23-37)47(44)58-33-38-24-14-5-15-25-38/h1-28H,29-33H2,(H,50,51)(H,52,53). The highest BCUT2D eigenvalue weighted by atomic mass is 16.6. The van der Waals surface area contributed by atoms with Gasteiger partial charge in [0.1, 0.15) is 38.6 Å². The maximum Gasteiger partial charge on any atom is 0.339 e. The summed E-state index contributed by atoms with van der Waals surface area (Å²) in [5.74, 6) is -2.88. The third-order valence-electron chi connectivity index (χ3n) is 9.02. The summed E-state index contributed by atoms with van der Waals surface area (Å²) in [5, 5.41) is 21.1. The first-order valence-electron chi connectivity index (χ1n) is 18.8. The van der Waals surface area contributed by atoms with E-state index in [0.717, 1.165) is 27.8 Å². The molecule has 59 heavy (non-hydrogen) atoms. The molecule has 0 aliphatic heterocycles. The lowest BCUT2D eigenvalue weighted by Crippen LogP contribution is -2.10. The second-order valence-corrected chi connectivity index (χ2v) is 13.3. The number of carboxylic acids is 2. The average Bonchev–Trinajstić information content (AvgIpc) is 3.27. The highest BCUT2D eigenvalue weighted by molar-refractivity contribution is 5.94. The van der Waals surface area contributed by atoms with Crippen LogP contribution in [0.4, 0.5) is 0 Å². The number of carboxylic acid groups (broad SMARTS) is 2. The Labute approximate surface area is 341 Å². The van der Waals surface area contributed by atoms with Crippen LogP contribution < -0.4 is 28.4 Å². The van der Waals surface area contributed by atoms with Crippen LogP contribution in [-0.2, 0) is 33.0 Å². The zero-order valence-electron chi connectivity index (χ0n) is 31.9. The molecule has 0 saturated heterocycles. The number of carbonyl (C=O) groups is 2. The number of benzene rings is 7. The summed E-state index contributed by atoms with van der Waals surface area (Å²) in [5.41, 5.74) is 3.53. The Morgan fingerprint density at radius 1 is 0.356 bits per heavy atom. The Hall–Kier alpha value is -7.72. The molecule has 0 unspecified atom stereocenters. The fourth-order valence-electron chi connectivity index (χ4n) is 6.03. The van der Waals surface area contributed by atoms with Crippen LogP contribution >= 0.6 is 0 Å². The molecular formula is C49H40O10. The van der Waals surface area contributed by atoms with Gasteiger partial charge in [0.2, 0.25) is 17.2 Å². The van der Waals surface area contributed by atoms with E-state index in [0.29, 0.717) is 0 Å². The maximum atomic E-state index is 13.3. The quantitative estimate of drug-likeness (QED) is 0.0816. The number of ether oxygens (including phenoxy) is 6. The number of aromatic carboxylic acids is 2. The third kappa shape index (κ3) is 10.6. The van der Waals surface area contributed by atoms with Gasteiger partial charge in [-0.15, -0.1) is 0 Å². The monoisotopic (exact) mass is 788 g/mol. The number of rotatable bonds is 19. The van der Waals surface area contributed by atoms with Crippen molar-refractivity contribution in [2.75, 3.05) is 0 Å². The van der Waals surface area contributed by atoms with Crippen LogP contribution in [-0.4, -0.2) is 22.2 Å². The van der Waals surface area contributed by atoms with E-state index < -0.39 is 11.9 Å². The molecule has 7 aromatic carbocycles. The van der Waals surface area contributed by atoms with Crippen molar-refractivity contribution in [3.63, 3.8) is 0 Å². The van der Waals surface area contributed by atoms with Gasteiger partial charge >= 0.3 is 11.9 Å². The summed E-state index contributed by atoms with van der Waals surface area (Å²) in [6.45, 7) is 0.250. The van der Waals surface area contributed by atoms with Gasteiger partial charge in [-0.1, -0.05) is 152 Å². The largest absolute Gasteiger partial charge is 0.485 e. The van der Waals surface area contributed by atoms with Crippen molar-refractivity contribution in [2.24, 2.45) is 0 Å². The summed E-state index contributed by atoms with van der Waals surface area (Å²) in [6, 6.07) is 50.8. The van der Waals surface area contributed by atoms with Gasteiger partial charge in [0.05, 0.1) is 5.56 Å². The van der Waals surface area contributed by atoms with E-state index in [9.17, 15) is 19.8 Å². The van der Waals surface area contributed by atoms with E-state index in [1.807, 2.05) is 152 Å². The molecule has 296 valence electrons. The zero-order valence-corrected chi connectivity index (χ0v) is 31.9. The Kier molecular flexibility index (Phi) is 13.0. The fourth-order valence-corrected chi connectivity index (χ4v) is 6.03. The molecule has 0 aliphatic carbocycles. The SMILES string of the molecule is O=C(O)c1cc(OCc2ccccc2)c(OCc2ccccc2)c(Oc2c(C(=O)O)cc(OCc3ccccc3)c(OCc3ccccc3)c2OCc2ccccc2)c1. The second kappa shape index (κ2) is 19.4. The smallest absolute Gasteiger partial charge is 0.339 e. The molecule has 0 saturated carbocycles. The van der Waals surface area contributed by atoms with Crippen molar-refractivity contribution >= 4 is 11.9 Å². The number of hydrogen-bond acceptors (Lipinski definition) is 8. The van der Waals surface area contributed by atoms with Crippen LogP contribution in [0.5, 0.6) is 40.2 Å². The molecule has 0 radical (unpaired) electrons. The topological polar surface area (TPSA) is 130 Å². The first-order valence-corrected chi connectivity index (χ1v) is 18.8. The summed E-state index contributed by atoms with van der Waals surface area (Å²) < 4.78 is 38.5. The molecule has 0 aliphatic rings. The Balaban J connectivity index is 1.39. The molecule has 0 amide bonds. The predicted molar refractivity (Wildman–Crippen MR) is 221 cm³/mol. The van der Waals surface area contributed by atoms with Crippen molar-refractivity contribution in [3.05, 3.63) is 209 Å². The van der Waals surface area contributed by atoms with E-state index >= 15 is 0 Å². The average molecular weight is 789 g/mol. The minimum absolute atomic E-state index is 0.0158. The molecule has 2 N–H and O–H groups in total. The second-order valence-electron chi connectivity index (χ2n) is 13.3. The van der Waals surface area contributed by atoms with Crippen LogP contribution in [0, 0.1) is 0 Å². The van der Waals surface area contributed by atoms with E-state index in [2.05, 4.69) is 0 Å². The van der Waals surface area contributed by atoms with Crippen molar-refractivity contribution in [3.8, 4) is 40.2 Å². The Morgan fingerprint density at radius 2 is 0.695 bits per heavy atom. The van der Waals surface area contributed by atoms with Crippen LogP contribution in [0.3, 0.4) is 0 Å². The van der Waals surface area contributed by atoms with Gasteiger partial charge in [-0.05, 0) is 39.9 Å². The van der Waals surface area contributed by atoms with Gasteiger partial charge in [-0.25, -0.2) is 9.59 Å². The molecule has 10 heteroatoms. The summed E-state index contributed by atoms with van der Waals surface area (Å²) in [7, 11) is 0. The van der Waals surface area contributed by atoms with Crippen LogP contribution in [0.1, 0.15) is 48.5 Å². The predicted octanol–water partition coefficient (Wildman–Crippen LogP) is 10.8. The lowest BCUT2D eigenvalue weighted by Gasteiger charge is -2.23. The van der Waals surface area contributed by atoms with Gasteiger partial charge < -0.3 is 38.6 Å². The third-order valence-corrected chi connectivity index (χ3v) is 9.02. The van der Waals surface area contributed by atoms with Gasteiger partial charge in [0.15, 0.2) is 23.0 Å². The molecule has 0 aromatic heterocycles. The Bertz CT molecular complexity index is 2460. The van der Waals surface area contributed by atoms with Crippen molar-refractivity contribution < 1.29 is 48.2 Å². The number of hydrogen-bond donors (Lipinski definition) is 2. The van der Waals surface area contributed by atoms with Gasteiger partial charge in [0.25, 0.3) is 0 Å². The molecule has 0 atom stereocenters. The molecule has 0 spiro atoms. The molecule has 0 bridgehead atoms. The minimum atomic E-state index is -1.37. The summed E-state index contributed by atoms with van der Waals surface area (Å²) in [6.07, 6.45) is 0. The van der Waals surface area contributed by atoms with E-state index in [-0.39, 0.29) is 84.4 Å². The zero-order chi connectivity index (χ0) is 40.8. The molecule has 7 rings (SSSR count). The van der Waals surface area contributed by atoms with Gasteiger partial charge in [-0.2, -0.15) is 0 Å². The normalized spacial score (nSPS) is 10.6. The van der Waals surface area contributed by atoms with Crippen molar-refractivity contribution in [1.82, 2.24) is 0 Å². The van der Waals surface area contributed by atoms with Crippen LogP contribution in [0.2, 0.25) is 0 Å². The van der Waals surface area contributed by atoms with Gasteiger partial charge in [0, 0.05) is 6.07 Å². The van der Waals surface area contributed by atoms with Crippen LogP contribution in [0.15, 0.2) is 170 Å². The summed E-state index contributed by atoms with van der Waals surface area (Å²) >= 11 is 0. The van der Waals surface area contributed by atoms with Gasteiger partial charge in [-0.3, -0.25) is 0 Å². The van der Waals surface area contributed by atoms with E-state index in [1.165, 1.54) is 18.2 Å².